The first-order valence-electron chi connectivity index (χ1n) is 8.48. The Kier molecular flexibility index (Phi) is 7.33. The lowest BCUT2D eigenvalue weighted by Gasteiger charge is -2.15. The van der Waals surface area contributed by atoms with Crippen LogP contribution in [0.5, 0.6) is 11.5 Å². The zero-order chi connectivity index (χ0) is 20.8. The van der Waals surface area contributed by atoms with Gasteiger partial charge in [-0.2, -0.15) is 5.26 Å². The number of carbonyl (C=O) groups excluding carboxylic acids is 1. The third-order valence-corrected chi connectivity index (χ3v) is 4.25. The number of carbonyl (C=O) groups is 1. The normalized spacial score (nSPS) is 11.1. The van der Waals surface area contributed by atoms with E-state index in [0.717, 1.165) is 5.56 Å². The van der Waals surface area contributed by atoms with Gasteiger partial charge in [0.1, 0.15) is 11.6 Å². The van der Waals surface area contributed by atoms with E-state index in [1.54, 1.807) is 30.3 Å². The van der Waals surface area contributed by atoms with E-state index in [1.807, 2.05) is 26.8 Å². The molecule has 0 atom stereocenters. The number of hydrogen-bond acceptors (Lipinski definition) is 4. The third-order valence-electron chi connectivity index (χ3n) is 3.73. The quantitative estimate of drug-likeness (QED) is 0.486. The lowest BCUT2D eigenvalue weighted by atomic mass is 10.1. The van der Waals surface area contributed by atoms with E-state index in [9.17, 15) is 10.1 Å². The predicted molar refractivity (Wildman–Crippen MR) is 112 cm³/mol. The molecule has 0 aliphatic heterocycles. The number of anilines is 1. The summed E-state index contributed by atoms with van der Waals surface area (Å²) >= 11 is 12.3. The second-order valence-electron chi connectivity index (χ2n) is 6.28. The predicted octanol–water partition coefficient (Wildman–Crippen LogP) is 5.64. The van der Waals surface area contributed by atoms with Gasteiger partial charge in [-0.05, 0) is 62.2 Å². The van der Waals surface area contributed by atoms with Crippen molar-refractivity contribution in [3.05, 3.63) is 57.1 Å². The number of aryl methyl sites for hydroxylation is 1. The van der Waals surface area contributed by atoms with Crippen molar-refractivity contribution in [3.63, 3.8) is 0 Å². The zero-order valence-electron chi connectivity index (χ0n) is 16.0. The van der Waals surface area contributed by atoms with Crippen LogP contribution in [0.3, 0.4) is 0 Å². The highest BCUT2D eigenvalue weighted by molar-refractivity contribution is 6.32. The Balaban J connectivity index is 2.35. The van der Waals surface area contributed by atoms with Crippen LogP contribution < -0.4 is 14.8 Å². The molecule has 0 unspecified atom stereocenters. The van der Waals surface area contributed by atoms with Crippen LogP contribution in [-0.4, -0.2) is 19.1 Å². The van der Waals surface area contributed by atoms with Crippen LogP contribution in [0.4, 0.5) is 5.69 Å². The Bertz CT molecular complexity index is 963. The minimum absolute atomic E-state index is 0.0879. The molecule has 2 rings (SSSR count). The van der Waals surface area contributed by atoms with Gasteiger partial charge in [0.2, 0.25) is 0 Å². The molecule has 7 heteroatoms. The summed E-state index contributed by atoms with van der Waals surface area (Å²) in [6.07, 6.45) is 1.34. The molecular weight excluding hydrogens is 399 g/mol. The van der Waals surface area contributed by atoms with Gasteiger partial charge in [0.25, 0.3) is 5.91 Å². The van der Waals surface area contributed by atoms with Gasteiger partial charge in [-0.3, -0.25) is 4.79 Å². The van der Waals surface area contributed by atoms with Crippen LogP contribution >= 0.6 is 23.2 Å². The molecular formula is C21H20Cl2N2O3. The average molecular weight is 419 g/mol. The van der Waals surface area contributed by atoms with Crippen molar-refractivity contribution < 1.29 is 14.3 Å². The van der Waals surface area contributed by atoms with Gasteiger partial charge in [-0.15, -0.1) is 0 Å². The molecule has 0 heterocycles. The molecule has 0 aliphatic carbocycles. The number of ether oxygens (including phenoxy) is 2. The molecule has 0 fully saturated rings. The van der Waals surface area contributed by atoms with Gasteiger partial charge in [0, 0.05) is 10.7 Å². The summed E-state index contributed by atoms with van der Waals surface area (Å²) in [5.41, 5.74) is 1.81. The molecule has 5 nitrogen and oxygen atoms in total. The van der Waals surface area contributed by atoms with Crippen molar-refractivity contribution in [2.24, 2.45) is 0 Å². The maximum atomic E-state index is 12.5. The molecule has 0 aromatic heterocycles. The molecule has 0 aliphatic rings. The Hall–Kier alpha value is -2.68. The number of nitrogens with one attached hydrogen (secondary N) is 1. The largest absolute Gasteiger partial charge is 0.493 e. The van der Waals surface area contributed by atoms with Gasteiger partial charge < -0.3 is 14.8 Å². The Morgan fingerprint density at radius 3 is 2.57 bits per heavy atom. The average Bonchev–Trinajstić information content (AvgIpc) is 2.64. The van der Waals surface area contributed by atoms with E-state index in [0.29, 0.717) is 32.8 Å². The van der Waals surface area contributed by atoms with Crippen LogP contribution in [0.1, 0.15) is 25.0 Å². The molecule has 2 aromatic rings. The molecule has 1 N–H and O–H groups in total. The van der Waals surface area contributed by atoms with E-state index in [-0.39, 0.29) is 11.7 Å². The van der Waals surface area contributed by atoms with Crippen LogP contribution in [0, 0.1) is 18.3 Å². The van der Waals surface area contributed by atoms with E-state index >= 15 is 0 Å². The van der Waals surface area contributed by atoms with Crippen LogP contribution in [0.15, 0.2) is 35.9 Å². The number of amides is 1. The molecule has 0 spiro atoms. The lowest BCUT2D eigenvalue weighted by Crippen LogP contribution is -2.14. The number of hydrogen-bond donors (Lipinski definition) is 1. The van der Waals surface area contributed by atoms with Gasteiger partial charge >= 0.3 is 0 Å². The summed E-state index contributed by atoms with van der Waals surface area (Å²) in [5.74, 6) is 0.273. The summed E-state index contributed by atoms with van der Waals surface area (Å²) in [4.78, 5) is 12.5. The maximum absolute atomic E-state index is 12.5. The van der Waals surface area contributed by atoms with Gasteiger partial charge in [0.05, 0.1) is 18.2 Å². The molecule has 28 heavy (non-hydrogen) atoms. The number of benzene rings is 2. The Morgan fingerprint density at radius 1 is 1.25 bits per heavy atom. The minimum Gasteiger partial charge on any atom is -0.493 e. The monoisotopic (exact) mass is 418 g/mol. The fraction of sp³-hybridized carbons (Fsp3) is 0.238. The fourth-order valence-electron chi connectivity index (χ4n) is 2.41. The zero-order valence-corrected chi connectivity index (χ0v) is 17.5. The number of nitrogens with zero attached hydrogens (tertiary/aromatic N) is 1. The van der Waals surface area contributed by atoms with Crippen LogP contribution in [0.25, 0.3) is 6.08 Å². The fourth-order valence-corrected chi connectivity index (χ4v) is 2.84. The van der Waals surface area contributed by atoms with Crippen LogP contribution in [-0.2, 0) is 4.79 Å². The molecule has 146 valence electrons. The van der Waals surface area contributed by atoms with Crippen molar-refractivity contribution >= 4 is 40.9 Å². The first kappa shape index (κ1) is 21.6. The highest BCUT2D eigenvalue weighted by atomic mass is 35.5. The molecule has 0 saturated heterocycles. The molecule has 0 saturated carbocycles. The first-order valence-corrected chi connectivity index (χ1v) is 9.24. The lowest BCUT2D eigenvalue weighted by molar-refractivity contribution is -0.112. The highest BCUT2D eigenvalue weighted by Crippen LogP contribution is 2.37. The third kappa shape index (κ3) is 5.41. The van der Waals surface area contributed by atoms with E-state index < -0.39 is 5.91 Å². The number of halogens is 2. The standard InChI is InChI=1S/C21H20Cl2N2O3/c1-12(2)28-20-17(23)8-14(9-19(20)27-4)7-15(11-24)21(26)25-18-10-16(22)6-5-13(18)3/h5-10,12H,1-4H3,(H,25,26)/b15-7+. The van der Waals surface area contributed by atoms with Gasteiger partial charge in [-0.25, -0.2) is 0 Å². The minimum atomic E-state index is -0.550. The second-order valence-corrected chi connectivity index (χ2v) is 7.13. The van der Waals surface area contributed by atoms with Gasteiger partial charge in [0.15, 0.2) is 11.5 Å². The van der Waals surface area contributed by atoms with Crippen LogP contribution in [0.2, 0.25) is 10.0 Å². The summed E-state index contributed by atoms with van der Waals surface area (Å²) in [7, 11) is 1.49. The van der Waals surface area contributed by atoms with Gasteiger partial charge in [-0.1, -0.05) is 29.3 Å². The number of nitriles is 1. The van der Waals surface area contributed by atoms with Crippen molar-refractivity contribution in [1.82, 2.24) is 0 Å². The van der Waals surface area contributed by atoms with E-state index in [4.69, 9.17) is 32.7 Å². The SMILES string of the molecule is COc1cc(/C=C(\C#N)C(=O)Nc2cc(Cl)ccc2C)cc(Cl)c1OC(C)C. The summed E-state index contributed by atoms with van der Waals surface area (Å²) in [5, 5.41) is 12.9. The number of rotatable bonds is 6. The Labute approximate surface area is 174 Å². The smallest absolute Gasteiger partial charge is 0.266 e. The first-order chi connectivity index (χ1) is 13.2. The second kappa shape index (κ2) is 9.50. The van der Waals surface area contributed by atoms with Crippen molar-refractivity contribution in [1.29, 1.82) is 5.26 Å². The number of methoxy groups -OCH3 is 1. The molecule has 0 bridgehead atoms. The molecule has 2 aromatic carbocycles. The highest BCUT2D eigenvalue weighted by Gasteiger charge is 2.15. The van der Waals surface area contributed by atoms with Crippen molar-refractivity contribution in [2.75, 3.05) is 12.4 Å². The van der Waals surface area contributed by atoms with E-state index in [1.165, 1.54) is 13.2 Å². The Morgan fingerprint density at radius 2 is 1.96 bits per heavy atom. The topological polar surface area (TPSA) is 71.3 Å². The molecule has 1 amide bonds. The van der Waals surface area contributed by atoms with E-state index in [2.05, 4.69) is 5.32 Å². The van der Waals surface area contributed by atoms with Crippen molar-refractivity contribution in [2.45, 2.75) is 26.9 Å². The maximum Gasteiger partial charge on any atom is 0.266 e. The summed E-state index contributed by atoms with van der Waals surface area (Å²) in [6, 6.07) is 10.3. The molecule has 0 radical (unpaired) electrons. The van der Waals surface area contributed by atoms with Crippen molar-refractivity contribution in [3.8, 4) is 17.6 Å². The summed E-state index contributed by atoms with van der Waals surface area (Å²) in [6.45, 7) is 5.58. The summed E-state index contributed by atoms with van der Waals surface area (Å²) < 4.78 is 11.0.